The van der Waals surface area contributed by atoms with Crippen molar-refractivity contribution in [1.29, 1.82) is 0 Å². The van der Waals surface area contributed by atoms with Gasteiger partial charge in [0.05, 0.1) is 5.56 Å². The zero-order valence-corrected chi connectivity index (χ0v) is 12.0. The summed E-state index contributed by atoms with van der Waals surface area (Å²) in [7, 11) is 0. The van der Waals surface area contributed by atoms with Gasteiger partial charge in [-0.2, -0.15) is 0 Å². The van der Waals surface area contributed by atoms with E-state index in [-0.39, 0.29) is 12.1 Å². The molecule has 23 heavy (non-hydrogen) atoms. The first kappa shape index (κ1) is 14.7. The van der Waals surface area contributed by atoms with Crippen molar-refractivity contribution in [1.82, 2.24) is 15.3 Å². The quantitative estimate of drug-likeness (QED) is 0.683. The number of aromatic nitrogens is 2. The van der Waals surface area contributed by atoms with E-state index in [1.807, 2.05) is 0 Å². The van der Waals surface area contributed by atoms with Gasteiger partial charge in [-0.15, -0.1) is 0 Å². The van der Waals surface area contributed by atoms with E-state index < -0.39 is 17.3 Å². The number of halogens is 1. The molecule has 0 unspecified atom stereocenters. The Morgan fingerprint density at radius 1 is 1.30 bits per heavy atom. The molecule has 3 rings (SSSR count). The van der Waals surface area contributed by atoms with Crippen LogP contribution in [-0.4, -0.2) is 15.9 Å². The first-order valence-corrected chi connectivity index (χ1v) is 6.85. The normalized spacial score (nSPS) is 10.7. The molecule has 6 nitrogen and oxygen atoms in total. The van der Waals surface area contributed by atoms with E-state index in [4.69, 9.17) is 5.73 Å². The highest BCUT2D eigenvalue weighted by Crippen LogP contribution is 2.17. The lowest BCUT2D eigenvalue weighted by atomic mass is 10.1. The predicted molar refractivity (Wildman–Crippen MR) is 84.3 cm³/mol. The smallest absolute Gasteiger partial charge is 0.252 e. The number of carbonyl (C=O) groups is 1. The number of nitrogens with one attached hydrogen (secondary N) is 2. The number of anilines is 1. The number of carbonyl (C=O) groups excluding carboxylic acids is 1. The van der Waals surface area contributed by atoms with Gasteiger partial charge < -0.3 is 16.0 Å². The predicted octanol–water partition coefficient (Wildman–Crippen LogP) is 1.57. The Hall–Kier alpha value is -3.22. The molecule has 1 amide bonds. The second-order valence-electron chi connectivity index (χ2n) is 4.97. The van der Waals surface area contributed by atoms with Crippen LogP contribution in [0.2, 0.25) is 0 Å². The Morgan fingerprint density at radius 3 is 2.91 bits per heavy atom. The molecule has 0 saturated heterocycles. The molecular formula is C16H13FN4O2. The minimum atomic E-state index is -0.491. The Kier molecular flexibility index (Phi) is 3.76. The van der Waals surface area contributed by atoms with Gasteiger partial charge >= 0.3 is 0 Å². The van der Waals surface area contributed by atoms with Crippen LogP contribution >= 0.6 is 0 Å². The Balaban J connectivity index is 1.93. The molecule has 0 fully saturated rings. The van der Waals surface area contributed by atoms with Gasteiger partial charge in [0.2, 0.25) is 5.56 Å². The third-order valence-corrected chi connectivity index (χ3v) is 3.42. The van der Waals surface area contributed by atoms with E-state index in [9.17, 15) is 14.0 Å². The maximum atomic E-state index is 13.4. The van der Waals surface area contributed by atoms with Crippen molar-refractivity contribution in [2.45, 2.75) is 6.54 Å². The summed E-state index contributed by atoms with van der Waals surface area (Å²) < 4.78 is 13.4. The van der Waals surface area contributed by atoms with Crippen LogP contribution in [-0.2, 0) is 6.54 Å². The topological polar surface area (TPSA) is 101 Å². The Morgan fingerprint density at radius 2 is 2.13 bits per heavy atom. The number of H-pyrrole nitrogens is 1. The van der Waals surface area contributed by atoms with Gasteiger partial charge in [0, 0.05) is 35.3 Å². The highest BCUT2D eigenvalue weighted by Gasteiger charge is 2.13. The zero-order valence-electron chi connectivity index (χ0n) is 12.0. The van der Waals surface area contributed by atoms with Crippen molar-refractivity contribution >= 4 is 22.6 Å². The molecule has 0 radical (unpaired) electrons. The van der Waals surface area contributed by atoms with E-state index in [1.54, 1.807) is 18.3 Å². The first-order valence-electron chi connectivity index (χ1n) is 6.85. The molecule has 0 spiro atoms. The molecule has 2 heterocycles. The van der Waals surface area contributed by atoms with Crippen molar-refractivity contribution < 1.29 is 9.18 Å². The van der Waals surface area contributed by atoms with Gasteiger partial charge in [0.15, 0.2) is 0 Å². The Bertz CT molecular complexity index is 952. The fourth-order valence-corrected chi connectivity index (χ4v) is 2.28. The van der Waals surface area contributed by atoms with Crippen molar-refractivity contribution in [3.63, 3.8) is 0 Å². The second kappa shape index (κ2) is 5.88. The van der Waals surface area contributed by atoms with Crippen molar-refractivity contribution in [3.8, 4) is 0 Å². The van der Waals surface area contributed by atoms with Crippen molar-refractivity contribution in [3.05, 3.63) is 69.9 Å². The maximum absolute atomic E-state index is 13.4. The third kappa shape index (κ3) is 3.03. The summed E-state index contributed by atoms with van der Waals surface area (Å²) in [6, 6.07) is 8.43. The van der Waals surface area contributed by atoms with E-state index in [2.05, 4.69) is 15.3 Å². The lowest BCUT2D eigenvalue weighted by Crippen LogP contribution is -2.25. The minimum Gasteiger partial charge on any atom is -0.383 e. The first-order chi connectivity index (χ1) is 11.0. The molecule has 3 aromatic rings. The molecular weight excluding hydrogens is 299 g/mol. The van der Waals surface area contributed by atoms with Gasteiger partial charge in [-0.3, -0.25) is 9.59 Å². The molecule has 0 atom stereocenters. The number of nitrogen functional groups attached to an aromatic ring is 1. The van der Waals surface area contributed by atoms with Gasteiger partial charge in [0.1, 0.15) is 11.6 Å². The molecule has 1 aromatic carbocycles. The summed E-state index contributed by atoms with van der Waals surface area (Å²) >= 11 is 0. The lowest BCUT2D eigenvalue weighted by Gasteiger charge is -2.09. The number of hydrogen-bond donors (Lipinski definition) is 3. The van der Waals surface area contributed by atoms with Crippen LogP contribution in [0.15, 0.2) is 47.4 Å². The molecule has 0 aliphatic rings. The number of pyridine rings is 2. The summed E-state index contributed by atoms with van der Waals surface area (Å²) in [5, 5.41) is 3.00. The average Bonchev–Trinajstić information content (AvgIpc) is 2.53. The molecule has 116 valence electrons. The standard InChI is InChI=1S/C16H13FN4O2/c17-10-3-4-13-11(6-10)12(7-14(22)21-13)16(23)20-8-9-2-1-5-19-15(9)18/h1-7H,8H2,(H2,18,19)(H,20,23)(H,21,22). The van der Waals surface area contributed by atoms with Gasteiger partial charge in [-0.25, -0.2) is 9.37 Å². The maximum Gasteiger partial charge on any atom is 0.252 e. The fourth-order valence-electron chi connectivity index (χ4n) is 2.28. The summed E-state index contributed by atoms with van der Waals surface area (Å²) in [5.74, 6) is -0.667. The highest BCUT2D eigenvalue weighted by molar-refractivity contribution is 6.05. The molecule has 7 heteroatoms. The van der Waals surface area contributed by atoms with E-state index >= 15 is 0 Å². The summed E-state index contributed by atoms with van der Waals surface area (Å²) in [6.45, 7) is 0.155. The Labute approximate surface area is 130 Å². The summed E-state index contributed by atoms with van der Waals surface area (Å²) in [6.07, 6.45) is 1.55. The summed E-state index contributed by atoms with van der Waals surface area (Å²) in [4.78, 5) is 30.5. The number of amides is 1. The van der Waals surface area contributed by atoms with E-state index in [0.29, 0.717) is 22.3 Å². The van der Waals surface area contributed by atoms with Crippen LogP contribution in [0.5, 0.6) is 0 Å². The average molecular weight is 312 g/mol. The van der Waals surface area contributed by atoms with Gasteiger partial charge in [0.25, 0.3) is 5.91 Å². The SMILES string of the molecule is Nc1ncccc1CNC(=O)c1cc(=O)[nH]c2ccc(F)cc12. The van der Waals surface area contributed by atoms with Crippen molar-refractivity contribution in [2.24, 2.45) is 0 Å². The minimum absolute atomic E-state index is 0.103. The fraction of sp³-hybridized carbons (Fsp3) is 0.0625. The van der Waals surface area contributed by atoms with Crippen LogP contribution in [0.1, 0.15) is 15.9 Å². The number of aromatic amines is 1. The third-order valence-electron chi connectivity index (χ3n) is 3.42. The number of nitrogens with zero attached hydrogens (tertiary/aromatic N) is 1. The zero-order chi connectivity index (χ0) is 16.4. The van der Waals surface area contributed by atoms with Gasteiger partial charge in [-0.1, -0.05) is 6.07 Å². The molecule has 0 aliphatic heterocycles. The largest absolute Gasteiger partial charge is 0.383 e. The number of rotatable bonds is 3. The number of hydrogen-bond acceptors (Lipinski definition) is 4. The van der Waals surface area contributed by atoms with Crippen LogP contribution in [0, 0.1) is 5.82 Å². The number of fused-ring (bicyclic) bond motifs is 1. The van der Waals surface area contributed by atoms with Crippen LogP contribution in [0.3, 0.4) is 0 Å². The highest BCUT2D eigenvalue weighted by atomic mass is 19.1. The monoisotopic (exact) mass is 312 g/mol. The summed E-state index contributed by atoms with van der Waals surface area (Å²) in [5.41, 5.74) is 6.43. The number of nitrogens with two attached hydrogens (primary N) is 1. The van der Waals surface area contributed by atoms with Crippen LogP contribution < -0.4 is 16.6 Å². The van der Waals surface area contributed by atoms with E-state index in [1.165, 1.54) is 18.2 Å². The molecule has 0 saturated carbocycles. The van der Waals surface area contributed by atoms with Gasteiger partial charge in [-0.05, 0) is 24.3 Å². The molecule has 0 aliphatic carbocycles. The molecule has 4 N–H and O–H groups in total. The van der Waals surface area contributed by atoms with Crippen LogP contribution in [0.25, 0.3) is 10.9 Å². The number of benzene rings is 1. The molecule has 2 aromatic heterocycles. The van der Waals surface area contributed by atoms with Crippen molar-refractivity contribution in [2.75, 3.05) is 5.73 Å². The lowest BCUT2D eigenvalue weighted by molar-refractivity contribution is 0.0952. The second-order valence-corrected chi connectivity index (χ2v) is 4.97. The van der Waals surface area contributed by atoms with E-state index in [0.717, 1.165) is 6.07 Å². The van der Waals surface area contributed by atoms with Crippen LogP contribution in [0.4, 0.5) is 10.2 Å². The molecule has 0 bridgehead atoms.